The Morgan fingerprint density at radius 2 is 1.81 bits per heavy atom. The first-order valence-corrected chi connectivity index (χ1v) is 12.3. The van der Waals surface area contributed by atoms with E-state index in [4.69, 9.17) is 0 Å². The van der Waals surface area contributed by atoms with Crippen molar-refractivity contribution < 1.29 is 4.79 Å². The maximum absolute atomic E-state index is 12.9. The van der Waals surface area contributed by atoms with Crippen molar-refractivity contribution in [1.82, 2.24) is 14.8 Å². The Labute approximate surface area is 193 Å². The van der Waals surface area contributed by atoms with Crippen molar-refractivity contribution in [2.75, 3.05) is 20.1 Å². The van der Waals surface area contributed by atoms with Gasteiger partial charge in [0.05, 0.1) is 0 Å². The maximum Gasteiger partial charge on any atom is 0.226 e. The van der Waals surface area contributed by atoms with E-state index < -0.39 is 0 Å². The van der Waals surface area contributed by atoms with Gasteiger partial charge >= 0.3 is 0 Å². The number of rotatable bonds is 8. The summed E-state index contributed by atoms with van der Waals surface area (Å²) in [6.45, 7) is 2.71. The molecule has 1 saturated heterocycles. The van der Waals surface area contributed by atoms with Crippen LogP contribution in [-0.4, -0.2) is 46.9 Å². The van der Waals surface area contributed by atoms with Crippen LogP contribution in [0.25, 0.3) is 0 Å². The van der Waals surface area contributed by atoms with Gasteiger partial charge in [-0.1, -0.05) is 42.0 Å². The normalized spacial score (nSPS) is 18.4. The standard InChI is InChI=1S/C28H37N3O/c1-30(22-25-12-16-29-17-13-25)27(20-23-8-4-2-5-9-23)26-14-18-31(19-15-26)28(32)21-24-10-6-3-7-11-24/h2,4-5,8-10,12-13,16-17,26-27H,3,6-7,11,14-15,18-22H2,1H3. The summed E-state index contributed by atoms with van der Waals surface area (Å²) in [4.78, 5) is 21.7. The van der Waals surface area contributed by atoms with E-state index in [1.54, 1.807) is 0 Å². The molecule has 170 valence electrons. The fourth-order valence-electron chi connectivity index (χ4n) is 5.34. The molecule has 0 radical (unpaired) electrons. The molecule has 1 aliphatic carbocycles. The number of hydrogen-bond acceptors (Lipinski definition) is 3. The molecule has 0 N–H and O–H groups in total. The fraction of sp³-hybridized carbons (Fsp3) is 0.500. The van der Waals surface area contributed by atoms with Crippen LogP contribution < -0.4 is 0 Å². The molecular formula is C28H37N3O. The van der Waals surface area contributed by atoms with E-state index in [0.29, 0.717) is 24.3 Å². The lowest BCUT2D eigenvalue weighted by atomic mass is 9.84. The van der Waals surface area contributed by atoms with Crippen LogP contribution in [0, 0.1) is 5.92 Å². The Morgan fingerprint density at radius 1 is 1.06 bits per heavy atom. The van der Waals surface area contributed by atoms with Gasteiger partial charge in [0.1, 0.15) is 0 Å². The molecule has 1 aromatic carbocycles. The molecule has 4 nitrogen and oxygen atoms in total. The summed E-state index contributed by atoms with van der Waals surface area (Å²) in [5.74, 6) is 0.932. The van der Waals surface area contributed by atoms with Crippen LogP contribution in [0.4, 0.5) is 0 Å². The summed E-state index contributed by atoms with van der Waals surface area (Å²) in [5.41, 5.74) is 4.05. The molecule has 1 aromatic heterocycles. The number of nitrogens with zero attached hydrogens (tertiary/aromatic N) is 3. The molecule has 0 saturated carbocycles. The molecule has 1 fully saturated rings. The van der Waals surface area contributed by atoms with Gasteiger partial charge in [-0.15, -0.1) is 0 Å². The number of likely N-dealkylation sites (N-methyl/N-ethyl adjacent to an activating group) is 1. The largest absolute Gasteiger partial charge is 0.342 e. The molecule has 0 bridgehead atoms. The van der Waals surface area contributed by atoms with Crippen LogP contribution in [-0.2, 0) is 17.8 Å². The lowest BCUT2D eigenvalue weighted by molar-refractivity contribution is -0.132. The second-order valence-electron chi connectivity index (χ2n) is 9.53. The summed E-state index contributed by atoms with van der Waals surface area (Å²) < 4.78 is 0. The second-order valence-corrected chi connectivity index (χ2v) is 9.53. The third-order valence-electron chi connectivity index (χ3n) is 7.23. The van der Waals surface area contributed by atoms with Gasteiger partial charge in [0.15, 0.2) is 0 Å². The zero-order valence-electron chi connectivity index (χ0n) is 19.5. The van der Waals surface area contributed by atoms with E-state index in [9.17, 15) is 4.79 Å². The number of pyridine rings is 1. The number of carbonyl (C=O) groups is 1. The quantitative estimate of drug-likeness (QED) is 0.535. The molecule has 32 heavy (non-hydrogen) atoms. The molecular weight excluding hydrogens is 394 g/mol. The van der Waals surface area contributed by atoms with Crippen molar-refractivity contribution in [2.24, 2.45) is 5.92 Å². The first-order valence-electron chi connectivity index (χ1n) is 12.3. The number of carbonyl (C=O) groups excluding carboxylic acids is 1. The minimum Gasteiger partial charge on any atom is -0.342 e. The number of aromatic nitrogens is 1. The fourth-order valence-corrected chi connectivity index (χ4v) is 5.34. The Bertz CT molecular complexity index is 872. The molecule has 2 aromatic rings. The summed E-state index contributed by atoms with van der Waals surface area (Å²) in [7, 11) is 2.25. The number of allylic oxidation sites excluding steroid dienone is 1. The van der Waals surface area contributed by atoms with Crippen LogP contribution in [0.15, 0.2) is 66.5 Å². The first kappa shape index (κ1) is 22.7. The van der Waals surface area contributed by atoms with Gasteiger partial charge in [0.2, 0.25) is 5.91 Å². The summed E-state index contributed by atoms with van der Waals surface area (Å²) >= 11 is 0. The van der Waals surface area contributed by atoms with E-state index in [1.165, 1.54) is 29.5 Å². The van der Waals surface area contributed by atoms with Crippen molar-refractivity contribution in [3.05, 3.63) is 77.6 Å². The van der Waals surface area contributed by atoms with E-state index in [2.05, 4.69) is 70.4 Å². The topological polar surface area (TPSA) is 36.4 Å². The Hall–Kier alpha value is -2.46. The molecule has 1 aliphatic heterocycles. The van der Waals surface area contributed by atoms with E-state index >= 15 is 0 Å². The monoisotopic (exact) mass is 431 g/mol. The summed E-state index contributed by atoms with van der Waals surface area (Å²) in [6.07, 6.45) is 14.7. The van der Waals surface area contributed by atoms with Crippen molar-refractivity contribution >= 4 is 5.91 Å². The van der Waals surface area contributed by atoms with E-state index in [0.717, 1.165) is 51.7 Å². The lowest BCUT2D eigenvalue weighted by Gasteiger charge is -2.40. The van der Waals surface area contributed by atoms with Crippen molar-refractivity contribution in [1.29, 1.82) is 0 Å². The highest BCUT2D eigenvalue weighted by Crippen LogP contribution is 2.28. The Kier molecular flexibility index (Phi) is 8.11. The predicted octanol–water partition coefficient (Wildman–Crippen LogP) is 5.25. The number of hydrogen-bond donors (Lipinski definition) is 0. The molecule has 1 amide bonds. The Balaban J connectivity index is 1.38. The van der Waals surface area contributed by atoms with Gasteiger partial charge in [-0.25, -0.2) is 0 Å². The zero-order valence-corrected chi connectivity index (χ0v) is 19.5. The van der Waals surface area contributed by atoms with Crippen LogP contribution in [0.3, 0.4) is 0 Å². The minimum atomic E-state index is 0.335. The van der Waals surface area contributed by atoms with Gasteiger partial charge in [0.25, 0.3) is 0 Å². The van der Waals surface area contributed by atoms with Crippen molar-refractivity contribution in [3.8, 4) is 0 Å². The molecule has 2 aliphatic rings. The molecule has 0 spiro atoms. The van der Waals surface area contributed by atoms with Crippen LogP contribution in [0.2, 0.25) is 0 Å². The predicted molar refractivity (Wildman–Crippen MR) is 130 cm³/mol. The van der Waals surface area contributed by atoms with Gasteiger partial charge < -0.3 is 4.90 Å². The number of amides is 1. The van der Waals surface area contributed by atoms with Gasteiger partial charge in [-0.05, 0) is 81.2 Å². The number of likely N-dealkylation sites (tertiary alicyclic amines) is 1. The smallest absolute Gasteiger partial charge is 0.226 e. The zero-order chi connectivity index (χ0) is 22.2. The average Bonchev–Trinajstić information content (AvgIpc) is 2.84. The lowest BCUT2D eigenvalue weighted by Crippen LogP contribution is -2.46. The summed E-state index contributed by atoms with van der Waals surface area (Å²) in [5, 5.41) is 0. The number of piperidine rings is 1. The highest BCUT2D eigenvalue weighted by molar-refractivity contribution is 5.78. The molecule has 2 heterocycles. The SMILES string of the molecule is CN(Cc1ccncc1)C(Cc1ccccc1)C1CCN(C(=O)CC2=CCCCC2)CC1. The van der Waals surface area contributed by atoms with E-state index in [-0.39, 0.29) is 0 Å². The van der Waals surface area contributed by atoms with Crippen LogP contribution in [0.1, 0.15) is 56.1 Å². The molecule has 1 unspecified atom stereocenters. The van der Waals surface area contributed by atoms with Crippen LogP contribution in [0.5, 0.6) is 0 Å². The first-order chi connectivity index (χ1) is 15.7. The van der Waals surface area contributed by atoms with E-state index in [1.807, 2.05) is 12.4 Å². The van der Waals surface area contributed by atoms with Crippen LogP contribution >= 0.6 is 0 Å². The second kappa shape index (κ2) is 11.4. The summed E-state index contributed by atoms with van der Waals surface area (Å²) in [6, 6.07) is 15.5. The average molecular weight is 432 g/mol. The molecule has 1 atom stereocenters. The highest BCUT2D eigenvalue weighted by atomic mass is 16.2. The van der Waals surface area contributed by atoms with Gasteiger partial charge in [-0.3, -0.25) is 14.7 Å². The third kappa shape index (κ3) is 6.29. The third-order valence-corrected chi connectivity index (χ3v) is 7.23. The van der Waals surface area contributed by atoms with Crippen molar-refractivity contribution in [3.63, 3.8) is 0 Å². The van der Waals surface area contributed by atoms with Crippen molar-refractivity contribution in [2.45, 2.75) is 64.0 Å². The maximum atomic E-state index is 12.9. The molecule has 4 heteroatoms. The molecule has 4 rings (SSSR count). The van der Waals surface area contributed by atoms with Gasteiger partial charge in [-0.2, -0.15) is 0 Å². The highest BCUT2D eigenvalue weighted by Gasteiger charge is 2.31. The van der Waals surface area contributed by atoms with Gasteiger partial charge in [0, 0.05) is 44.5 Å². The Morgan fingerprint density at radius 3 is 2.50 bits per heavy atom. The number of benzene rings is 1. The minimum absolute atomic E-state index is 0.335.